The molecule has 142 valence electrons. The Morgan fingerprint density at radius 3 is 2.89 bits per heavy atom. The first-order valence-electron chi connectivity index (χ1n) is 9.44. The third-order valence-corrected chi connectivity index (χ3v) is 5.81. The molecule has 2 aliphatic rings. The molecule has 6 nitrogen and oxygen atoms in total. The van der Waals surface area contributed by atoms with Crippen molar-refractivity contribution in [1.29, 1.82) is 0 Å². The van der Waals surface area contributed by atoms with E-state index in [2.05, 4.69) is 16.5 Å². The summed E-state index contributed by atoms with van der Waals surface area (Å²) in [6.45, 7) is 5.45. The number of aromatic nitrogens is 2. The largest absolute Gasteiger partial charge is 0.340 e. The van der Waals surface area contributed by atoms with Gasteiger partial charge in [-0.15, -0.1) is 0 Å². The van der Waals surface area contributed by atoms with Gasteiger partial charge >= 0.3 is 0 Å². The zero-order valence-corrected chi connectivity index (χ0v) is 15.9. The Morgan fingerprint density at radius 1 is 1.26 bits per heavy atom. The van der Waals surface area contributed by atoms with Gasteiger partial charge in [0, 0.05) is 24.7 Å². The number of carbonyl (C=O) groups is 2. The third-order valence-electron chi connectivity index (χ3n) is 5.57. The molecule has 1 aromatic carbocycles. The van der Waals surface area contributed by atoms with E-state index in [-0.39, 0.29) is 23.8 Å². The summed E-state index contributed by atoms with van der Waals surface area (Å²) in [5.41, 5.74) is 1.74. The van der Waals surface area contributed by atoms with Crippen molar-refractivity contribution < 1.29 is 9.59 Å². The highest BCUT2D eigenvalue weighted by atomic mass is 35.5. The molecular formula is C20H23ClN4O2. The second-order valence-electron chi connectivity index (χ2n) is 7.30. The lowest BCUT2D eigenvalue weighted by Crippen LogP contribution is -2.46. The van der Waals surface area contributed by atoms with Gasteiger partial charge in [-0.05, 0) is 50.0 Å². The summed E-state index contributed by atoms with van der Waals surface area (Å²) >= 11 is 6.07. The number of rotatable bonds is 3. The van der Waals surface area contributed by atoms with E-state index in [9.17, 15) is 9.59 Å². The molecule has 1 N–H and O–H groups in total. The van der Waals surface area contributed by atoms with Crippen molar-refractivity contribution in [3.8, 4) is 0 Å². The number of nitrogens with one attached hydrogen (secondary N) is 1. The molecule has 4 rings (SSSR count). The lowest BCUT2D eigenvalue weighted by molar-refractivity contribution is -0.140. The first kappa shape index (κ1) is 18.0. The molecule has 2 amide bonds. The van der Waals surface area contributed by atoms with Crippen LogP contribution in [0.3, 0.4) is 0 Å². The van der Waals surface area contributed by atoms with Crippen LogP contribution in [0.2, 0.25) is 5.02 Å². The van der Waals surface area contributed by atoms with Crippen LogP contribution < -0.4 is 0 Å². The second kappa shape index (κ2) is 7.35. The Balaban J connectivity index is 1.54. The minimum atomic E-state index is -0.151. The number of amides is 2. The van der Waals surface area contributed by atoms with Gasteiger partial charge in [-0.25, -0.2) is 4.98 Å². The van der Waals surface area contributed by atoms with Crippen LogP contribution >= 0.6 is 11.6 Å². The number of benzene rings is 1. The number of H-pyrrole nitrogens is 1. The zero-order chi connectivity index (χ0) is 19.0. The number of imidazole rings is 1. The summed E-state index contributed by atoms with van der Waals surface area (Å²) in [6.07, 6.45) is 4.83. The van der Waals surface area contributed by atoms with Gasteiger partial charge < -0.3 is 14.8 Å². The maximum Gasteiger partial charge on any atom is 0.245 e. The van der Waals surface area contributed by atoms with Gasteiger partial charge in [-0.3, -0.25) is 9.59 Å². The molecule has 1 aromatic heterocycles. The van der Waals surface area contributed by atoms with Crippen molar-refractivity contribution in [2.24, 2.45) is 5.92 Å². The first-order chi connectivity index (χ1) is 13.1. The van der Waals surface area contributed by atoms with Crippen molar-refractivity contribution >= 4 is 34.4 Å². The molecular weight excluding hydrogens is 364 g/mol. The number of nitrogens with zero attached hydrogens (tertiary/aromatic N) is 3. The lowest BCUT2D eigenvalue weighted by Gasteiger charge is -2.34. The van der Waals surface area contributed by atoms with Gasteiger partial charge in [0.05, 0.1) is 23.0 Å². The molecule has 2 aliphatic heterocycles. The van der Waals surface area contributed by atoms with Crippen LogP contribution in [0.4, 0.5) is 0 Å². The monoisotopic (exact) mass is 386 g/mol. The number of likely N-dealkylation sites (tertiary alicyclic amines) is 2. The molecule has 0 saturated carbocycles. The Morgan fingerprint density at radius 2 is 2.07 bits per heavy atom. The molecule has 2 aromatic rings. The summed E-state index contributed by atoms with van der Waals surface area (Å²) < 4.78 is 0. The first-order valence-corrected chi connectivity index (χ1v) is 9.81. The number of hydrogen-bond acceptors (Lipinski definition) is 3. The second-order valence-corrected chi connectivity index (χ2v) is 7.74. The smallest absolute Gasteiger partial charge is 0.245 e. The van der Waals surface area contributed by atoms with Gasteiger partial charge in [0.25, 0.3) is 0 Å². The number of aromatic amines is 1. The zero-order valence-electron chi connectivity index (χ0n) is 15.2. The fourth-order valence-corrected chi connectivity index (χ4v) is 4.39. The van der Waals surface area contributed by atoms with Crippen LogP contribution in [0.25, 0.3) is 11.0 Å². The summed E-state index contributed by atoms with van der Waals surface area (Å²) in [5, 5.41) is 0.659. The number of hydrogen-bond donors (Lipinski definition) is 1. The third kappa shape index (κ3) is 3.46. The molecule has 2 atom stereocenters. The van der Waals surface area contributed by atoms with Crippen LogP contribution in [-0.4, -0.2) is 51.2 Å². The number of carbonyl (C=O) groups excluding carboxylic acids is 2. The average molecular weight is 387 g/mol. The average Bonchev–Trinajstić information content (AvgIpc) is 3.33. The summed E-state index contributed by atoms with van der Waals surface area (Å²) in [5.74, 6) is 0.687. The Bertz CT molecular complexity index is 893. The van der Waals surface area contributed by atoms with Crippen LogP contribution in [0.5, 0.6) is 0 Å². The van der Waals surface area contributed by atoms with Crippen molar-refractivity contribution in [2.75, 3.05) is 19.6 Å². The Kier molecular flexibility index (Phi) is 4.91. The van der Waals surface area contributed by atoms with E-state index in [4.69, 9.17) is 11.6 Å². The lowest BCUT2D eigenvalue weighted by atomic mass is 9.96. The Labute approximate surface area is 163 Å². The summed E-state index contributed by atoms with van der Waals surface area (Å²) in [6, 6.07) is 5.51. The van der Waals surface area contributed by atoms with Gasteiger partial charge in [0.15, 0.2) is 0 Å². The molecule has 0 radical (unpaired) electrons. The molecule has 27 heavy (non-hydrogen) atoms. The van der Waals surface area contributed by atoms with E-state index < -0.39 is 0 Å². The highest BCUT2D eigenvalue weighted by molar-refractivity contribution is 6.31. The van der Waals surface area contributed by atoms with E-state index in [1.165, 1.54) is 6.08 Å². The fraction of sp³-hybridized carbons (Fsp3) is 0.450. The Hall–Kier alpha value is -2.34. The molecule has 0 bridgehead atoms. The normalized spacial score (nSPS) is 23.0. The number of piperidine rings is 1. The molecule has 2 unspecified atom stereocenters. The fourth-order valence-electron chi connectivity index (χ4n) is 4.22. The number of halogens is 1. The van der Waals surface area contributed by atoms with Crippen LogP contribution in [0, 0.1) is 5.92 Å². The molecule has 0 spiro atoms. The molecule has 2 fully saturated rings. The highest BCUT2D eigenvalue weighted by Crippen LogP contribution is 2.34. The van der Waals surface area contributed by atoms with Gasteiger partial charge in [0.2, 0.25) is 11.8 Å². The standard InChI is InChI=1S/C20H23ClN4O2/c1-2-18(26)24-9-3-5-13(12-24)20(27)25-10-4-6-17(25)19-22-15-8-7-14(21)11-16(15)23-19/h2,7-8,11,13,17H,1,3-6,9-10,12H2,(H,22,23). The molecule has 7 heteroatoms. The molecule has 0 aliphatic carbocycles. The molecule has 2 saturated heterocycles. The maximum absolute atomic E-state index is 13.2. The van der Waals surface area contributed by atoms with Crippen LogP contribution in [0.15, 0.2) is 30.9 Å². The molecule has 3 heterocycles. The summed E-state index contributed by atoms with van der Waals surface area (Å²) in [7, 11) is 0. The van der Waals surface area contributed by atoms with Crippen LogP contribution in [0.1, 0.15) is 37.5 Å². The van der Waals surface area contributed by atoms with Crippen molar-refractivity contribution in [3.63, 3.8) is 0 Å². The highest BCUT2D eigenvalue weighted by Gasteiger charge is 2.37. The minimum absolute atomic E-state index is 0.0471. The van der Waals surface area contributed by atoms with E-state index in [1.54, 1.807) is 4.90 Å². The quantitative estimate of drug-likeness (QED) is 0.823. The maximum atomic E-state index is 13.2. The van der Waals surface area contributed by atoms with Crippen molar-refractivity contribution in [3.05, 3.63) is 41.7 Å². The van der Waals surface area contributed by atoms with E-state index in [0.717, 1.165) is 49.1 Å². The van der Waals surface area contributed by atoms with Gasteiger partial charge in [-0.2, -0.15) is 0 Å². The predicted octanol–water partition coefficient (Wildman–Crippen LogP) is 3.30. The van der Waals surface area contributed by atoms with Crippen LogP contribution in [-0.2, 0) is 9.59 Å². The van der Waals surface area contributed by atoms with E-state index in [1.807, 2.05) is 23.1 Å². The van der Waals surface area contributed by atoms with E-state index >= 15 is 0 Å². The number of fused-ring (bicyclic) bond motifs is 1. The van der Waals surface area contributed by atoms with Gasteiger partial charge in [0.1, 0.15) is 5.82 Å². The van der Waals surface area contributed by atoms with Gasteiger partial charge in [-0.1, -0.05) is 18.2 Å². The predicted molar refractivity (Wildman–Crippen MR) is 104 cm³/mol. The topological polar surface area (TPSA) is 69.3 Å². The minimum Gasteiger partial charge on any atom is -0.340 e. The SMILES string of the molecule is C=CC(=O)N1CCCC(C(=O)N2CCCC2c2nc3ccc(Cl)cc3[nH]2)C1. The van der Waals surface area contributed by atoms with Crippen molar-refractivity contribution in [2.45, 2.75) is 31.7 Å². The van der Waals surface area contributed by atoms with Crippen molar-refractivity contribution in [1.82, 2.24) is 19.8 Å². The van der Waals surface area contributed by atoms with E-state index in [0.29, 0.717) is 18.1 Å². The summed E-state index contributed by atoms with van der Waals surface area (Å²) in [4.78, 5) is 36.8.